The Morgan fingerprint density at radius 1 is 1.11 bits per heavy atom. The van der Waals surface area contributed by atoms with Crippen molar-refractivity contribution in [3.05, 3.63) is 0 Å². The fourth-order valence-electron chi connectivity index (χ4n) is 1.82. The van der Waals surface area contributed by atoms with Crippen molar-refractivity contribution in [3.8, 4) is 0 Å². The monoisotopic (exact) mass is 313 g/mol. The zero-order chi connectivity index (χ0) is 15.3. The van der Waals surface area contributed by atoms with E-state index in [-0.39, 0.29) is 11.8 Å². The minimum Gasteiger partial charge on any atom is -0.312 e. The summed E-state index contributed by atoms with van der Waals surface area (Å²) in [5.74, 6) is 0.0944. The molecule has 1 atom stereocenters. The van der Waals surface area contributed by atoms with Crippen molar-refractivity contribution < 1.29 is 16.8 Å². The van der Waals surface area contributed by atoms with Gasteiger partial charge in [-0.3, -0.25) is 0 Å². The number of rotatable bonds is 9. The highest BCUT2D eigenvalue weighted by Gasteiger charge is 2.38. The summed E-state index contributed by atoms with van der Waals surface area (Å²) >= 11 is 0. The summed E-state index contributed by atoms with van der Waals surface area (Å²) in [4.78, 5) is 0. The second-order valence-corrected chi connectivity index (χ2v) is 10.5. The lowest BCUT2D eigenvalue weighted by Crippen LogP contribution is -2.51. The lowest BCUT2D eigenvalue weighted by molar-refractivity contribution is 0.385. The van der Waals surface area contributed by atoms with Crippen molar-refractivity contribution in [3.63, 3.8) is 0 Å². The number of hydrogen-bond acceptors (Lipinski definition) is 5. The number of hydrogen-bond donors (Lipinski definition) is 1. The normalized spacial score (nSPS) is 15.4. The summed E-state index contributed by atoms with van der Waals surface area (Å²) in [7, 11) is -6.21. The van der Waals surface area contributed by atoms with Crippen LogP contribution in [0.25, 0.3) is 0 Å². The van der Waals surface area contributed by atoms with E-state index in [1.54, 1.807) is 13.8 Å². The van der Waals surface area contributed by atoms with Gasteiger partial charge in [-0.15, -0.1) is 0 Å². The molecule has 0 aliphatic rings. The van der Waals surface area contributed by atoms with Gasteiger partial charge in [0.15, 0.2) is 9.84 Å². The summed E-state index contributed by atoms with van der Waals surface area (Å²) in [6.45, 7) is 6.11. The molecule has 0 radical (unpaired) electrons. The molecule has 19 heavy (non-hydrogen) atoms. The highest BCUT2D eigenvalue weighted by molar-refractivity contribution is 7.92. The molecule has 1 N–H and O–H groups in total. The second kappa shape index (κ2) is 7.04. The van der Waals surface area contributed by atoms with Gasteiger partial charge >= 0.3 is 0 Å². The van der Waals surface area contributed by atoms with Crippen LogP contribution >= 0.6 is 0 Å². The molecule has 0 spiro atoms. The standard InChI is InChI=1S/C12H27NO4S2/c1-6-9-13-11(8-7-10-18(4,14)15)12(2,3)19(5,16)17/h11,13H,6-10H2,1-5H3. The third-order valence-electron chi connectivity index (χ3n) is 3.44. The molecule has 0 fully saturated rings. The molecule has 0 aromatic rings. The zero-order valence-corrected chi connectivity index (χ0v) is 14.2. The Morgan fingerprint density at radius 2 is 1.63 bits per heavy atom. The van der Waals surface area contributed by atoms with Crippen molar-refractivity contribution in [1.29, 1.82) is 0 Å². The van der Waals surface area contributed by atoms with Crippen molar-refractivity contribution in [1.82, 2.24) is 5.32 Å². The molecule has 0 saturated carbocycles. The molecule has 1 unspecified atom stereocenters. The first-order chi connectivity index (χ1) is 8.42. The Bertz CT molecular complexity index is 466. The molecule has 0 aliphatic heterocycles. The van der Waals surface area contributed by atoms with Crippen LogP contribution in [-0.4, -0.2) is 52.4 Å². The van der Waals surface area contributed by atoms with Gasteiger partial charge in [-0.2, -0.15) is 0 Å². The van der Waals surface area contributed by atoms with Gasteiger partial charge in [-0.25, -0.2) is 16.8 Å². The Hall–Kier alpha value is -0.140. The van der Waals surface area contributed by atoms with Gasteiger partial charge in [0.2, 0.25) is 0 Å². The second-order valence-electron chi connectivity index (χ2n) is 5.65. The SMILES string of the molecule is CCCNC(CCCS(C)(=O)=O)C(C)(C)S(C)(=O)=O. The molecular formula is C12H27NO4S2. The van der Waals surface area contributed by atoms with Crippen LogP contribution in [0.2, 0.25) is 0 Å². The van der Waals surface area contributed by atoms with Crippen molar-refractivity contribution in [2.24, 2.45) is 0 Å². The summed E-state index contributed by atoms with van der Waals surface area (Å²) < 4.78 is 45.1. The van der Waals surface area contributed by atoms with Crippen LogP contribution in [0.1, 0.15) is 40.0 Å². The minimum atomic E-state index is -3.21. The average molecular weight is 313 g/mol. The average Bonchev–Trinajstić information content (AvgIpc) is 2.19. The number of nitrogens with one attached hydrogen (secondary N) is 1. The van der Waals surface area contributed by atoms with Crippen LogP contribution in [0.3, 0.4) is 0 Å². The lowest BCUT2D eigenvalue weighted by atomic mass is 9.98. The van der Waals surface area contributed by atoms with Crippen LogP contribution in [0.4, 0.5) is 0 Å². The summed E-state index contributed by atoms with van der Waals surface area (Å²) in [6.07, 6.45) is 4.34. The van der Waals surface area contributed by atoms with Crippen LogP contribution in [-0.2, 0) is 19.7 Å². The Labute approximate surface area is 118 Å². The highest BCUT2D eigenvalue weighted by atomic mass is 32.2. The van der Waals surface area contributed by atoms with Gasteiger partial charge in [-0.1, -0.05) is 6.92 Å². The van der Waals surface area contributed by atoms with E-state index in [1.165, 1.54) is 12.5 Å². The summed E-state index contributed by atoms with van der Waals surface area (Å²) in [5, 5.41) is 3.23. The Balaban J connectivity index is 4.82. The highest BCUT2D eigenvalue weighted by Crippen LogP contribution is 2.23. The molecule has 0 bridgehead atoms. The van der Waals surface area contributed by atoms with Gasteiger partial charge < -0.3 is 5.32 Å². The van der Waals surface area contributed by atoms with E-state index >= 15 is 0 Å². The third kappa shape index (κ3) is 6.72. The van der Waals surface area contributed by atoms with E-state index in [2.05, 4.69) is 5.32 Å². The van der Waals surface area contributed by atoms with Crippen LogP contribution in [0.5, 0.6) is 0 Å². The molecular weight excluding hydrogens is 286 g/mol. The molecule has 0 saturated heterocycles. The Morgan fingerprint density at radius 3 is 2.00 bits per heavy atom. The van der Waals surface area contributed by atoms with Crippen LogP contribution < -0.4 is 5.32 Å². The van der Waals surface area contributed by atoms with E-state index in [9.17, 15) is 16.8 Å². The molecule has 0 aromatic carbocycles. The van der Waals surface area contributed by atoms with E-state index in [0.29, 0.717) is 12.8 Å². The largest absolute Gasteiger partial charge is 0.312 e. The van der Waals surface area contributed by atoms with Gasteiger partial charge in [0, 0.05) is 24.3 Å². The zero-order valence-electron chi connectivity index (χ0n) is 12.6. The third-order valence-corrected chi connectivity index (χ3v) is 6.67. The van der Waals surface area contributed by atoms with Crippen molar-refractivity contribution in [2.75, 3.05) is 24.8 Å². The van der Waals surface area contributed by atoms with Gasteiger partial charge in [-0.05, 0) is 39.7 Å². The molecule has 5 nitrogen and oxygen atoms in total. The first-order valence-electron chi connectivity index (χ1n) is 6.52. The minimum absolute atomic E-state index is 0.0944. The predicted octanol–water partition coefficient (Wildman–Crippen LogP) is 1.00. The van der Waals surface area contributed by atoms with E-state index in [4.69, 9.17) is 0 Å². The number of sulfone groups is 2. The molecule has 0 aromatic heterocycles. The van der Waals surface area contributed by atoms with Crippen LogP contribution in [0, 0.1) is 0 Å². The van der Waals surface area contributed by atoms with Gasteiger partial charge in [0.05, 0.1) is 4.75 Å². The maximum Gasteiger partial charge on any atom is 0.154 e. The van der Waals surface area contributed by atoms with Crippen molar-refractivity contribution in [2.45, 2.75) is 50.8 Å². The van der Waals surface area contributed by atoms with E-state index < -0.39 is 24.4 Å². The summed E-state index contributed by atoms with van der Waals surface area (Å²) in [6, 6.07) is -0.232. The first kappa shape index (κ1) is 18.9. The van der Waals surface area contributed by atoms with Crippen molar-refractivity contribution >= 4 is 19.7 Å². The predicted molar refractivity (Wildman–Crippen MR) is 79.9 cm³/mol. The fraction of sp³-hybridized carbons (Fsp3) is 1.00. The van der Waals surface area contributed by atoms with E-state index in [0.717, 1.165) is 13.0 Å². The molecule has 0 amide bonds. The molecule has 0 aliphatic carbocycles. The van der Waals surface area contributed by atoms with E-state index in [1.807, 2.05) is 6.92 Å². The lowest BCUT2D eigenvalue weighted by Gasteiger charge is -2.33. The van der Waals surface area contributed by atoms with Gasteiger partial charge in [0.25, 0.3) is 0 Å². The first-order valence-corrected chi connectivity index (χ1v) is 10.5. The fourth-order valence-corrected chi connectivity index (χ4v) is 3.23. The summed E-state index contributed by atoms with van der Waals surface area (Å²) in [5.41, 5.74) is 0. The van der Waals surface area contributed by atoms with Gasteiger partial charge in [0.1, 0.15) is 9.84 Å². The molecule has 0 heterocycles. The quantitative estimate of drug-likeness (QED) is 0.687. The maximum atomic E-state index is 11.9. The molecule has 0 rings (SSSR count). The molecule has 116 valence electrons. The smallest absolute Gasteiger partial charge is 0.154 e. The topological polar surface area (TPSA) is 80.3 Å². The Kier molecular flexibility index (Phi) is 6.99. The van der Waals surface area contributed by atoms with Crippen LogP contribution in [0.15, 0.2) is 0 Å². The molecule has 7 heteroatoms. The maximum absolute atomic E-state index is 11.9.